The highest BCUT2D eigenvalue weighted by Gasteiger charge is 2.38. The Morgan fingerprint density at radius 3 is 2.74 bits per heavy atom. The van der Waals surface area contributed by atoms with Crippen LogP contribution >= 0.6 is 11.3 Å². The molecule has 0 aliphatic carbocycles. The Labute approximate surface area is 113 Å². The number of aliphatic carboxylic acids is 1. The number of nitrogens with one attached hydrogen (secondary N) is 1. The minimum Gasteiger partial charge on any atom is -0.481 e. The van der Waals surface area contributed by atoms with Crippen molar-refractivity contribution in [2.45, 2.75) is 12.0 Å². The molecule has 3 rings (SSSR count). The van der Waals surface area contributed by atoms with Gasteiger partial charge in [0.05, 0.1) is 6.04 Å². The Kier molecular flexibility index (Phi) is 2.83. The summed E-state index contributed by atoms with van der Waals surface area (Å²) in [5.41, 5.74) is 1.86. The van der Waals surface area contributed by atoms with Gasteiger partial charge in [0.1, 0.15) is 5.92 Å². The van der Waals surface area contributed by atoms with E-state index in [1.165, 1.54) is 11.3 Å². The maximum atomic E-state index is 12.1. The molecule has 2 unspecified atom stereocenters. The van der Waals surface area contributed by atoms with Gasteiger partial charge in [-0.1, -0.05) is 18.2 Å². The maximum absolute atomic E-state index is 12.1. The summed E-state index contributed by atoms with van der Waals surface area (Å²) in [5, 5.41) is 16.0. The first-order chi connectivity index (χ1) is 9.18. The molecule has 4 nitrogen and oxygen atoms in total. The van der Waals surface area contributed by atoms with Crippen molar-refractivity contribution in [3.05, 3.63) is 57.8 Å². The van der Waals surface area contributed by atoms with Gasteiger partial charge < -0.3 is 10.4 Å². The van der Waals surface area contributed by atoms with E-state index in [0.29, 0.717) is 11.1 Å². The molecule has 1 aliphatic heterocycles. The van der Waals surface area contributed by atoms with Gasteiger partial charge >= 0.3 is 5.97 Å². The molecule has 1 aromatic carbocycles. The number of carbonyl (C=O) groups is 2. The molecule has 5 heteroatoms. The first-order valence-electron chi connectivity index (χ1n) is 5.83. The summed E-state index contributed by atoms with van der Waals surface area (Å²) < 4.78 is 0. The summed E-state index contributed by atoms with van der Waals surface area (Å²) in [6, 6.07) is 8.21. The van der Waals surface area contributed by atoms with Crippen molar-refractivity contribution in [1.82, 2.24) is 5.32 Å². The summed E-state index contributed by atoms with van der Waals surface area (Å²) in [7, 11) is 0. The van der Waals surface area contributed by atoms with Crippen LogP contribution in [0.5, 0.6) is 0 Å². The molecule has 0 radical (unpaired) electrons. The average molecular weight is 273 g/mol. The fourth-order valence-electron chi connectivity index (χ4n) is 2.46. The Morgan fingerprint density at radius 1 is 1.26 bits per heavy atom. The number of carbonyl (C=O) groups excluding carboxylic acids is 1. The van der Waals surface area contributed by atoms with E-state index in [1.807, 2.05) is 16.8 Å². The quantitative estimate of drug-likeness (QED) is 0.883. The zero-order chi connectivity index (χ0) is 13.4. The molecular formula is C14H11NO3S. The van der Waals surface area contributed by atoms with Crippen LogP contribution in [-0.2, 0) is 4.79 Å². The molecule has 2 aromatic rings. The zero-order valence-electron chi connectivity index (χ0n) is 9.87. The summed E-state index contributed by atoms with van der Waals surface area (Å²) in [5.74, 6) is -1.89. The van der Waals surface area contributed by atoms with Gasteiger partial charge in [0.2, 0.25) is 0 Å². The number of rotatable bonds is 2. The van der Waals surface area contributed by atoms with Crippen LogP contribution in [0.4, 0.5) is 0 Å². The number of fused-ring (bicyclic) bond motifs is 1. The summed E-state index contributed by atoms with van der Waals surface area (Å²) in [6.07, 6.45) is 0. The van der Waals surface area contributed by atoms with Crippen LogP contribution in [0.2, 0.25) is 0 Å². The van der Waals surface area contributed by atoms with Crippen molar-refractivity contribution < 1.29 is 14.7 Å². The summed E-state index contributed by atoms with van der Waals surface area (Å²) >= 11 is 1.49. The van der Waals surface area contributed by atoms with Gasteiger partial charge in [-0.15, -0.1) is 0 Å². The first kappa shape index (κ1) is 11.9. The molecule has 96 valence electrons. The van der Waals surface area contributed by atoms with Gasteiger partial charge in [-0.2, -0.15) is 11.3 Å². The molecule has 1 aliphatic rings. The first-order valence-corrected chi connectivity index (χ1v) is 6.77. The third kappa shape index (κ3) is 1.92. The second-order valence-electron chi connectivity index (χ2n) is 4.41. The molecule has 2 heterocycles. The van der Waals surface area contributed by atoms with E-state index < -0.39 is 17.9 Å². The van der Waals surface area contributed by atoms with Crippen LogP contribution in [0.25, 0.3) is 0 Å². The lowest BCUT2D eigenvalue weighted by Gasteiger charge is -2.31. The van der Waals surface area contributed by atoms with Crippen molar-refractivity contribution in [1.29, 1.82) is 0 Å². The second-order valence-corrected chi connectivity index (χ2v) is 5.19. The van der Waals surface area contributed by atoms with Crippen LogP contribution in [0, 0.1) is 0 Å². The number of thiophene rings is 1. The monoisotopic (exact) mass is 273 g/mol. The van der Waals surface area contributed by atoms with Gasteiger partial charge in [0.25, 0.3) is 5.91 Å². The minimum atomic E-state index is -0.927. The largest absolute Gasteiger partial charge is 0.481 e. The fourth-order valence-corrected chi connectivity index (χ4v) is 3.16. The van der Waals surface area contributed by atoms with Gasteiger partial charge in [-0.05, 0) is 34.0 Å². The SMILES string of the molecule is O=C1NC(c2ccsc2)C(C(=O)O)c2ccccc21. The van der Waals surface area contributed by atoms with E-state index in [4.69, 9.17) is 0 Å². The number of benzene rings is 1. The molecule has 1 aromatic heterocycles. The second kappa shape index (κ2) is 4.51. The molecule has 0 fully saturated rings. The standard InChI is InChI=1S/C14H11NO3S/c16-13-10-4-2-1-3-9(10)11(14(17)18)12(15-13)8-5-6-19-7-8/h1-7,11-12H,(H,15,16)(H,17,18). The lowest BCUT2D eigenvalue weighted by molar-refractivity contribution is -0.139. The third-order valence-electron chi connectivity index (χ3n) is 3.33. The molecule has 2 atom stereocenters. The highest BCUT2D eigenvalue weighted by atomic mass is 32.1. The number of carboxylic acids is 1. The summed E-state index contributed by atoms with van der Waals surface area (Å²) in [6.45, 7) is 0. The highest BCUT2D eigenvalue weighted by molar-refractivity contribution is 7.08. The van der Waals surface area contributed by atoms with Gasteiger partial charge in [-0.3, -0.25) is 9.59 Å². The Morgan fingerprint density at radius 2 is 2.05 bits per heavy atom. The van der Waals surface area contributed by atoms with Crippen LogP contribution in [0.1, 0.15) is 33.4 Å². The van der Waals surface area contributed by atoms with E-state index in [-0.39, 0.29) is 5.91 Å². The van der Waals surface area contributed by atoms with Crippen molar-refractivity contribution in [2.75, 3.05) is 0 Å². The van der Waals surface area contributed by atoms with E-state index in [2.05, 4.69) is 5.32 Å². The van der Waals surface area contributed by atoms with Crippen molar-refractivity contribution in [3.8, 4) is 0 Å². The minimum absolute atomic E-state index is 0.218. The van der Waals surface area contributed by atoms with Crippen molar-refractivity contribution in [2.24, 2.45) is 0 Å². The molecule has 19 heavy (non-hydrogen) atoms. The van der Waals surface area contributed by atoms with Crippen LogP contribution in [0.15, 0.2) is 41.1 Å². The maximum Gasteiger partial charge on any atom is 0.313 e. The molecule has 0 bridgehead atoms. The van der Waals surface area contributed by atoms with E-state index in [9.17, 15) is 14.7 Å². The van der Waals surface area contributed by atoms with Crippen LogP contribution in [-0.4, -0.2) is 17.0 Å². The number of hydrogen-bond acceptors (Lipinski definition) is 3. The van der Waals surface area contributed by atoms with E-state index >= 15 is 0 Å². The third-order valence-corrected chi connectivity index (χ3v) is 4.03. The Hall–Kier alpha value is -2.14. The van der Waals surface area contributed by atoms with Gasteiger partial charge in [0.15, 0.2) is 0 Å². The Balaban J connectivity index is 2.14. The van der Waals surface area contributed by atoms with E-state index in [0.717, 1.165) is 5.56 Å². The smallest absolute Gasteiger partial charge is 0.313 e. The van der Waals surface area contributed by atoms with E-state index in [1.54, 1.807) is 24.3 Å². The highest BCUT2D eigenvalue weighted by Crippen LogP contribution is 2.37. The summed E-state index contributed by atoms with van der Waals surface area (Å²) in [4.78, 5) is 23.6. The number of carboxylic acid groups (broad SMARTS) is 1. The predicted octanol–water partition coefficient (Wildman–Crippen LogP) is 2.40. The number of hydrogen-bond donors (Lipinski definition) is 2. The molecule has 0 saturated heterocycles. The lowest BCUT2D eigenvalue weighted by atomic mass is 9.82. The Bertz CT molecular complexity index is 636. The molecule has 0 spiro atoms. The predicted molar refractivity (Wildman–Crippen MR) is 71.3 cm³/mol. The lowest BCUT2D eigenvalue weighted by Crippen LogP contribution is -2.41. The van der Waals surface area contributed by atoms with Crippen molar-refractivity contribution in [3.63, 3.8) is 0 Å². The van der Waals surface area contributed by atoms with Gasteiger partial charge in [0, 0.05) is 5.56 Å². The topological polar surface area (TPSA) is 66.4 Å². The zero-order valence-corrected chi connectivity index (χ0v) is 10.7. The molecule has 0 saturated carbocycles. The fraction of sp³-hybridized carbons (Fsp3) is 0.143. The average Bonchev–Trinajstić information content (AvgIpc) is 2.92. The van der Waals surface area contributed by atoms with Crippen LogP contribution < -0.4 is 5.32 Å². The number of amides is 1. The normalized spacial score (nSPS) is 21.6. The van der Waals surface area contributed by atoms with Crippen LogP contribution in [0.3, 0.4) is 0 Å². The molecule has 2 N–H and O–H groups in total. The van der Waals surface area contributed by atoms with Gasteiger partial charge in [-0.25, -0.2) is 0 Å². The molecular weight excluding hydrogens is 262 g/mol. The molecule has 1 amide bonds. The van der Waals surface area contributed by atoms with Crippen molar-refractivity contribution >= 4 is 23.2 Å².